The van der Waals surface area contributed by atoms with Crippen molar-refractivity contribution in [3.05, 3.63) is 24.0 Å². The smallest absolute Gasteiger partial charge is 0.327 e. The number of aromatic nitrogens is 1. The molecule has 5 heteroatoms. The fourth-order valence-electron chi connectivity index (χ4n) is 2.43. The van der Waals surface area contributed by atoms with Gasteiger partial charge in [0, 0.05) is 25.0 Å². The van der Waals surface area contributed by atoms with Gasteiger partial charge in [0.1, 0.15) is 6.04 Å². The number of hydrogen-bond acceptors (Lipinski definition) is 3. The van der Waals surface area contributed by atoms with Crippen molar-refractivity contribution in [2.75, 3.05) is 13.1 Å². The lowest BCUT2D eigenvalue weighted by atomic mass is 10.1. The van der Waals surface area contributed by atoms with E-state index in [0.717, 1.165) is 5.69 Å². The first-order valence-electron chi connectivity index (χ1n) is 5.83. The number of morpholine rings is 1. The highest BCUT2D eigenvalue weighted by Crippen LogP contribution is 2.24. The molecule has 1 fully saturated rings. The topological polar surface area (TPSA) is 65.6 Å². The zero-order chi connectivity index (χ0) is 12.4. The van der Waals surface area contributed by atoms with Gasteiger partial charge in [0.2, 0.25) is 0 Å². The van der Waals surface area contributed by atoms with Crippen molar-refractivity contribution in [3.8, 4) is 0 Å². The second kappa shape index (κ2) is 4.89. The van der Waals surface area contributed by atoms with E-state index in [1.807, 2.05) is 30.9 Å². The maximum absolute atomic E-state index is 11.4. The quantitative estimate of drug-likeness (QED) is 0.831. The van der Waals surface area contributed by atoms with Gasteiger partial charge in [-0.2, -0.15) is 0 Å². The highest BCUT2D eigenvalue weighted by Gasteiger charge is 2.33. The third-order valence-corrected chi connectivity index (χ3v) is 2.96. The molecule has 3 atom stereocenters. The van der Waals surface area contributed by atoms with Crippen LogP contribution in [0.4, 0.5) is 0 Å². The summed E-state index contributed by atoms with van der Waals surface area (Å²) in [6.07, 6.45) is 1.88. The van der Waals surface area contributed by atoms with Crippen molar-refractivity contribution >= 4 is 5.97 Å². The number of nitrogens with one attached hydrogen (secondary N) is 1. The molecule has 3 unspecified atom stereocenters. The molecule has 17 heavy (non-hydrogen) atoms. The van der Waals surface area contributed by atoms with E-state index in [0.29, 0.717) is 13.1 Å². The summed E-state index contributed by atoms with van der Waals surface area (Å²) in [7, 11) is 0. The molecule has 1 aromatic heterocycles. The molecule has 0 radical (unpaired) electrons. The summed E-state index contributed by atoms with van der Waals surface area (Å²) in [6, 6.07) is 3.01. The van der Waals surface area contributed by atoms with E-state index in [4.69, 9.17) is 4.74 Å². The van der Waals surface area contributed by atoms with Crippen LogP contribution in [0.1, 0.15) is 25.6 Å². The summed E-state index contributed by atoms with van der Waals surface area (Å²) in [5.74, 6) is -0.825. The Labute approximate surface area is 100 Å². The molecule has 2 N–H and O–H groups in total. The van der Waals surface area contributed by atoms with Gasteiger partial charge in [-0.05, 0) is 26.0 Å². The van der Waals surface area contributed by atoms with Crippen molar-refractivity contribution in [2.24, 2.45) is 0 Å². The van der Waals surface area contributed by atoms with Crippen LogP contribution in [0.3, 0.4) is 0 Å². The largest absolute Gasteiger partial charge is 0.480 e. The first kappa shape index (κ1) is 12.1. The zero-order valence-electron chi connectivity index (χ0n) is 10.1. The molecule has 0 amide bonds. The molecule has 0 aromatic carbocycles. The van der Waals surface area contributed by atoms with Crippen LogP contribution >= 0.6 is 0 Å². The van der Waals surface area contributed by atoms with Crippen molar-refractivity contribution < 1.29 is 14.6 Å². The summed E-state index contributed by atoms with van der Waals surface area (Å²) in [5.41, 5.74) is 0.721. The Morgan fingerprint density at radius 2 is 2.18 bits per heavy atom. The lowest BCUT2D eigenvalue weighted by Gasteiger charge is -2.38. The predicted molar refractivity (Wildman–Crippen MR) is 62.8 cm³/mol. The minimum Gasteiger partial charge on any atom is -0.480 e. The molecule has 0 spiro atoms. The van der Waals surface area contributed by atoms with E-state index in [1.165, 1.54) is 0 Å². The average Bonchev–Trinajstić information content (AvgIpc) is 2.68. The third-order valence-electron chi connectivity index (χ3n) is 2.96. The average molecular weight is 238 g/mol. The SMILES string of the molecule is CC1CN(C(C(=O)O)c2ccc[nH]2)CC(C)O1. The van der Waals surface area contributed by atoms with Crippen LogP contribution in [0, 0.1) is 0 Å². The lowest BCUT2D eigenvalue weighted by Crippen LogP contribution is -2.48. The Balaban J connectivity index is 2.19. The summed E-state index contributed by atoms with van der Waals surface area (Å²) in [6.45, 7) is 5.22. The number of aliphatic carboxylic acids is 1. The Kier molecular flexibility index (Phi) is 3.49. The number of carbonyl (C=O) groups is 1. The van der Waals surface area contributed by atoms with Crippen LogP contribution in [0.25, 0.3) is 0 Å². The van der Waals surface area contributed by atoms with Crippen molar-refractivity contribution in [1.29, 1.82) is 0 Å². The fraction of sp³-hybridized carbons (Fsp3) is 0.583. The van der Waals surface area contributed by atoms with Gasteiger partial charge in [0.25, 0.3) is 0 Å². The van der Waals surface area contributed by atoms with Crippen LogP contribution in [0.5, 0.6) is 0 Å². The van der Waals surface area contributed by atoms with Crippen molar-refractivity contribution in [2.45, 2.75) is 32.1 Å². The molecule has 2 rings (SSSR count). The summed E-state index contributed by atoms with van der Waals surface area (Å²) >= 11 is 0. The van der Waals surface area contributed by atoms with Gasteiger partial charge in [-0.1, -0.05) is 0 Å². The Hall–Kier alpha value is -1.33. The van der Waals surface area contributed by atoms with Gasteiger partial charge in [-0.3, -0.25) is 9.69 Å². The predicted octanol–water partition coefficient (Wildman–Crippen LogP) is 1.25. The van der Waals surface area contributed by atoms with Gasteiger partial charge in [-0.15, -0.1) is 0 Å². The van der Waals surface area contributed by atoms with E-state index in [1.54, 1.807) is 6.20 Å². The van der Waals surface area contributed by atoms with E-state index in [-0.39, 0.29) is 12.2 Å². The fourth-order valence-corrected chi connectivity index (χ4v) is 2.43. The molecule has 1 aromatic rings. The highest BCUT2D eigenvalue weighted by atomic mass is 16.5. The molecule has 1 saturated heterocycles. The number of carboxylic acid groups (broad SMARTS) is 1. The van der Waals surface area contributed by atoms with Crippen LogP contribution in [-0.4, -0.2) is 46.3 Å². The van der Waals surface area contributed by atoms with E-state index >= 15 is 0 Å². The Morgan fingerprint density at radius 1 is 1.53 bits per heavy atom. The second-order valence-electron chi connectivity index (χ2n) is 4.58. The summed E-state index contributed by atoms with van der Waals surface area (Å²) in [4.78, 5) is 16.3. The Morgan fingerprint density at radius 3 is 2.65 bits per heavy atom. The standard InChI is InChI=1S/C12H18N2O3/c1-8-6-14(7-9(2)17-8)11(12(15)16)10-4-3-5-13-10/h3-5,8-9,11,13H,6-7H2,1-2H3,(H,15,16). The maximum Gasteiger partial charge on any atom is 0.327 e. The molecule has 0 aliphatic carbocycles. The van der Waals surface area contributed by atoms with Crippen molar-refractivity contribution in [3.63, 3.8) is 0 Å². The first-order valence-corrected chi connectivity index (χ1v) is 5.83. The monoisotopic (exact) mass is 238 g/mol. The molecule has 1 aliphatic rings. The van der Waals surface area contributed by atoms with E-state index in [9.17, 15) is 9.90 Å². The number of hydrogen-bond donors (Lipinski definition) is 2. The summed E-state index contributed by atoms with van der Waals surface area (Å²) < 4.78 is 5.62. The lowest BCUT2D eigenvalue weighted by molar-refractivity contribution is -0.149. The molecule has 2 heterocycles. The Bertz CT molecular complexity index is 367. The van der Waals surface area contributed by atoms with Crippen LogP contribution in [0.2, 0.25) is 0 Å². The molecular formula is C12H18N2O3. The van der Waals surface area contributed by atoms with Gasteiger partial charge in [0.15, 0.2) is 0 Å². The first-order chi connectivity index (χ1) is 8.08. The van der Waals surface area contributed by atoms with Crippen molar-refractivity contribution in [1.82, 2.24) is 9.88 Å². The molecule has 1 aliphatic heterocycles. The number of rotatable bonds is 3. The number of aromatic amines is 1. The highest BCUT2D eigenvalue weighted by molar-refractivity contribution is 5.75. The van der Waals surface area contributed by atoms with Gasteiger partial charge in [0.05, 0.1) is 12.2 Å². The molecule has 0 saturated carbocycles. The third kappa shape index (κ3) is 2.68. The molecule has 94 valence electrons. The normalized spacial score (nSPS) is 27.9. The van der Waals surface area contributed by atoms with Crippen LogP contribution in [-0.2, 0) is 9.53 Å². The van der Waals surface area contributed by atoms with Crippen LogP contribution < -0.4 is 0 Å². The number of ether oxygens (including phenoxy) is 1. The number of H-pyrrole nitrogens is 1. The number of carboxylic acids is 1. The molecule has 0 bridgehead atoms. The maximum atomic E-state index is 11.4. The van der Waals surface area contributed by atoms with Gasteiger partial charge in [-0.25, -0.2) is 0 Å². The minimum absolute atomic E-state index is 0.0653. The van der Waals surface area contributed by atoms with E-state index in [2.05, 4.69) is 4.98 Å². The zero-order valence-corrected chi connectivity index (χ0v) is 10.1. The minimum atomic E-state index is -0.825. The molecule has 5 nitrogen and oxygen atoms in total. The second-order valence-corrected chi connectivity index (χ2v) is 4.58. The molecular weight excluding hydrogens is 220 g/mol. The van der Waals surface area contributed by atoms with Gasteiger partial charge < -0.3 is 14.8 Å². The summed E-state index contributed by atoms with van der Waals surface area (Å²) in [5, 5.41) is 9.37. The number of nitrogens with zero attached hydrogens (tertiary/aromatic N) is 1. The van der Waals surface area contributed by atoms with Crippen LogP contribution in [0.15, 0.2) is 18.3 Å². The van der Waals surface area contributed by atoms with Gasteiger partial charge >= 0.3 is 5.97 Å². The van der Waals surface area contributed by atoms with E-state index < -0.39 is 12.0 Å².